The second-order valence-corrected chi connectivity index (χ2v) is 3.63. The lowest BCUT2D eigenvalue weighted by Crippen LogP contribution is -2.36. The molecule has 2 atom stereocenters. The predicted molar refractivity (Wildman–Crippen MR) is 54.7 cm³/mol. The standard InChI is InChI=1S/C8H14N2O3S/c1-5(7-10-2-3-12-7)8(11)13-4-6(9)14/h5,7,10H,2-4H2,1H3,(H2,9,14). The van der Waals surface area contributed by atoms with Crippen molar-refractivity contribution < 1.29 is 14.3 Å². The molecule has 1 heterocycles. The lowest BCUT2D eigenvalue weighted by Gasteiger charge is -2.17. The molecular formula is C8H14N2O3S. The highest BCUT2D eigenvalue weighted by Gasteiger charge is 2.28. The van der Waals surface area contributed by atoms with Crippen LogP contribution in [-0.2, 0) is 14.3 Å². The van der Waals surface area contributed by atoms with Crippen molar-refractivity contribution in [1.29, 1.82) is 0 Å². The molecule has 1 fully saturated rings. The number of nitrogens with two attached hydrogens (primary N) is 1. The number of ether oxygens (including phenoxy) is 2. The van der Waals surface area contributed by atoms with Crippen LogP contribution in [0, 0.1) is 5.92 Å². The highest BCUT2D eigenvalue weighted by atomic mass is 32.1. The summed E-state index contributed by atoms with van der Waals surface area (Å²) in [5.41, 5.74) is 5.20. The van der Waals surface area contributed by atoms with Crippen molar-refractivity contribution in [3.63, 3.8) is 0 Å². The quantitative estimate of drug-likeness (QED) is 0.485. The van der Waals surface area contributed by atoms with E-state index in [0.717, 1.165) is 6.54 Å². The van der Waals surface area contributed by atoms with E-state index in [1.807, 2.05) is 0 Å². The monoisotopic (exact) mass is 218 g/mol. The maximum atomic E-state index is 11.4. The van der Waals surface area contributed by atoms with Gasteiger partial charge in [-0.2, -0.15) is 0 Å². The zero-order chi connectivity index (χ0) is 10.6. The van der Waals surface area contributed by atoms with Gasteiger partial charge in [-0.3, -0.25) is 10.1 Å². The van der Waals surface area contributed by atoms with Crippen LogP contribution < -0.4 is 11.1 Å². The molecular weight excluding hydrogens is 204 g/mol. The fraction of sp³-hybridized carbons (Fsp3) is 0.750. The van der Waals surface area contributed by atoms with E-state index in [4.69, 9.17) is 15.2 Å². The number of nitrogens with one attached hydrogen (secondary N) is 1. The molecule has 1 aliphatic rings. The molecule has 1 aliphatic heterocycles. The first-order chi connectivity index (χ1) is 6.61. The topological polar surface area (TPSA) is 73.6 Å². The summed E-state index contributed by atoms with van der Waals surface area (Å²) in [6.45, 7) is 3.12. The first-order valence-corrected chi connectivity index (χ1v) is 4.82. The van der Waals surface area contributed by atoms with Gasteiger partial charge in [-0.15, -0.1) is 0 Å². The second-order valence-electron chi connectivity index (χ2n) is 3.11. The molecule has 0 aromatic heterocycles. The van der Waals surface area contributed by atoms with E-state index in [1.165, 1.54) is 0 Å². The lowest BCUT2D eigenvalue weighted by atomic mass is 10.1. The van der Waals surface area contributed by atoms with Gasteiger partial charge in [-0.1, -0.05) is 12.2 Å². The second kappa shape index (κ2) is 5.23. The van der Waals surface area contributed by atoms with Crippen molar-refractivity contribution in [3.8, 4) is 0 Å². The van der Waals surface area contributed by atoms with Crippen molar-refractivity contribution in [2.45, 2.75) is 13.2 Å². The summed E-state index contributed by atoms with van der Waals surface area (Å²) < 4.78 is 10.1. The third-order valence-corrected chi connectivity index (χ3v) is 2.05. The van der Waals surface area contributed by atoms with Gasteiger partial charge < -0.3 is 15.2 Å². The molecule has 0 saturated carbocycles. The Morgan fingerprint density at radius 3 is 3.07 bits per heavy atom. The Morgan fingerprint density at radius 2 is 2.57 bits per heavy atom. The Labute approximate surface area is 87.9 Å². The van der Waals surface area contributed by atoms with Crippen LogP contribution in [0.1, 0.15) is 6.92 Å². The van der Waals surface area contributed by atoms with E-state index >= 15 is 0 Å². The van der Waals surface area contributed by atoms with E-state index in [-0.39, 0.29) is 29.7 Å². The van der Waals surface area contributed by atoms with E-state index in [9.17, 15) is 4.79 Å². The van der Waals surface area contributed by atoms with Crippen LogP contribution in [0.2, 0.25) is 0 Å². The number of esters is 1. The number of hydrogen-bond donors (Lipinski definition) is 2. The molecule has 1 saturated heterocycles. The molecule has 0 spiro atoms. The van der Waals surface area contributed by atoms with Gasteiger partial charge in [-0.25, -0.2) is 0 Å². The Balaban J connectivity index is 2.31. The van der Waals surface area contributed by atoms with Gasteiger partial charge in [-0.05, 0) is 6.92 Å². The fourth-order valence-electron chi connectivity index (χ4n) is 1.16. The molecule has 14 heavy (non-hydrogen) atoms. The van der Waals surface area contributed by atoms with Crippen LogP contribution in [0.25, 0.3) is 0 Å². The van der Waals surface area contributed by atoms with Gasteiger partial charge >= 0.3 is 5.97 Å². The molecule has 3 N–H and O–H groups in total. The first kappa shape index (κ1) is 11.4. The largest absolute Gasteiger partial charge is 0.458 e. The highest BCUT2D eigenvalue weighted by Crippen LogP contribution is 2.10. The smallest absolute Gasteiger partial charge is 0.313 e. The molecule has 0 bridgehead atoms. The van der Waals surface area contributed by atoms with Crippen molar-refractivity contribution in [2.24, 2.45) is 11.7 Å². The van der Waals surface area contributed by atoms with E-state index < -0.39 is 0 Å². The van der Waals surface area contributed by atoms with Gasteiger partial charge in [0.15, 0.2) is 0 Å². The summed E-state index contributed by atoms with van der Waals surface area (Å²) >= 11 is 4.59. The van der Waals surface area contributed by atoms with Crippen LogP contribution in [0.3, 0.4) is 0 Å². The van der Waals surface area contributed by atoms with Gasteiger partial charge in [0.25, 0.3) is 0 Å². The number of thiocarbonyl (C=S) groups is 1. The summed E-state index contributed by atoms with van der Waals surface area (Å²) in [4.78, 5) is 11.5. The van der Waals surface area contributed by atoms with E-state index in [2.05, 4.69) is 17.5 Å². The van der Waals surface area contributed by atoms with Crippen molar-refractivity contribution in [3.05, 3.63) is 0 Å². The van der Waals surface area contributed by atoms with Crippen LogP contribution in [0.15, 0.2) is 0 Å². The van der Waals surface area contributed by atoms with Crippen LogP contribution in [0.5, 0.6) is 0 Å². The molecule has 1 rings (SSSR count). The minimum Gasteiger partial charge on any atom is -0.458 e. The molecule has 6 heteroatoms. The third kappa shape index (κ3) is 3.21. The van der Waals surface area contributed by atoms with Crippen LogP contribution >= 0.6 is 12.2 Å². The van der Waals surface area contributed by atoms with Gasteiger partial charge in [0, 0.05) is 6.54 Å². The first-order valence-electron chi connectivity index (χ1n) is 4.41. The summed E-state index contributed by atoms with van der Waals surface area (Å²) in [6.07, 6.45) is -0.256. The van der Waals surface area contributed by atoms with Crippen molar-refractivity contribution in [1.82, 2.24) is 5.32 Å². The Morgan fingerprint density at radius 1 is 1.86 bits per heavy atom. The average Bonchev–Trinajstić information content (AvgIpc) is 2.65. The third-order valence-electron chi connectivity index (χ3n) is 1.93. The molecule has 0 aliphatic carbocycles. The molecule has 0 aromatic carbocycles. The number of carbonyl (C=O) groups excluding carboxylic acids is 1. The molecule has 0 amide bonds. The zero-order valence-electron chi connectivity index (χ0n) is 7.99. The van der Waals surface area contributed by atoms with Crippen molar-refractivity contribution in [2.75, 3.05) is 19.8 Å². The van der Waals surface area contributed by atoms with E-state index in [1.54, 1.807) is 6.92 Å². The van der Waals surface area contributed by atoms with E-state index in [0.29, 0.717) is 6.61 Å². The summed E-state index contributed by atoms with van der Waals surface area (Å²) in [7, 11) is 0. The molecule has 0 radical (unpaired) electrons. The Kier molecular flexibility index (Phi) is 4.24. The van der Waals surface area contributed by atoms with Gasteiger partial charge in [0.1, 0.15) is 17.8 Å². The maximum Gasteiger partial charge on any atom is 0.313 e. The molecule has 2 unspecified atom stereocenters. The highest BCUT2D eigenvalue weighted by molar-refractivity contribution is 7.80. The normalized spacial score (nSPS) is 23.1. The molecule has 80 valence electrons. The zero-order valence-corrected chi connectivity index (χ0v) is 8.80. The lowest BCUT2D eigenvalue weighted by molar-refractivity contribution is -0.150. The fourth-order valence-corrected chi connectivity index (χ4v) is 1.22. The van der Waals surface area contributed by atoms with Crippen LogP contribution in [-0.4, -0.2) is 36.9 Å². The summed E-state index contributed by atoms with van der Waals surface area (Å²) in [5.74, 6) is -0.691. The molecule has 0 aromatic rings. The Hall–Kier alpha value is -0.720. The minimum absolute atomic E-state index is 0.00870. The number of hydrogen-bond acceptors (Lipinski definition) is 5. The maximum absolute atomic E-state index is 11.4. The summed E-state index contributed by atoms with van der Waals surface area (Å²) in [5, 5.41) is 3.04. The SMILES string of the molecule is CC(C(=O)OCC(N)=S)C1NCCO1. The Bertz CT molecular complexity index is 229. The van der Waals surface area contributed by atoms with Crippen LogP contribution in [0.4, 0.5) is 0 Å². The number of rotatable bonds is 4. The summed E-state index contributed by atoms with van der Waals surface area (Å²) in [6, 6.07) is 0. The predicted octanol–water partition coefficient (Wildman–Crippen LogP) is -0.602. The van der Waals surface area contributed by atoms with Gasteiger partial charge in [0.05, 0.1) is 12.5 Å². The minimum atomic E-state index is -0.350. The average molecular weight is 218 g/mol. The van der Waals surface area contributed by atoms with Gasteiger partial charge in [0.2, 0.25) is 0 Å². The van der Waals surface area contributed by atoms with Crippen molar-refractivity contribution >= 4 is 23.2 Å². The number of carbonyl (C=O) groups is 1. The molecule has 5 nitrogen and oxygen atoms in total.